The molecule has 28 heavy (non-hydrogen) atoms. The maximum absolute atomic E-state index is 13.2. The zero-order valence-corrected chi connectivity index (χ0v) is 16.6. The Kier molecular flexibility index (Phi) is 4.94. The molecule has 1 aliphatic rings. The van der Waals surface area contributed by atoms with Crippen molar-refractivity contribution in [3.8, 4) is 11.1 Å². The Balaban J connectivity index is 1.49. The monoisotopic (exact) mass is 376 g/mol. The van der Waals surface area contributed by atoms with Gasteiger partial charge in [-0.2, -0.15) is 0 Å². The van der Waals surface area contributed by atoms with Gasteiger partial charge in [0.25, 0.3) is 0 Å². The predicted octanol–water partition coefficient (Wildman–Crippen LogP) is 4.53. The van der Waals surface area contributed by atoms with Gasteiger partial charge in [-0.25, -0.2) is 14.4 Å². The van der Waals surface area contributed by atoms with E-state index < -0.39 is 0 Å². The van der Waals surface area contributed by atoms with Gasteiger partial charge in [-0.1, -0.05) is 32.9 Å². The minimum atomic E-state index is -0.225. The van der Waals surface area contributed by atoms with E-state index in [0.29, 0.717) is 0 Å². The fourth-order valence-corrected chi connectivity index (χ4v) is 3.50. The van der Waals surface area contributed by atoms with Crippen molar-refractivity contribution >= 4 is 0 Å². The van der Waals surface area contributed by atoms with Crippen molar-refractivity contribution in [2.24, 2.45) is 0 Å². The van der Waals surface area contributed by atoms with Gasteiger partial charge in [-0.3, -0.25) is 9.88 Å². The second-order valence-electron chi connectivity index (χ2n) is 8.46. The standard InChI is InChI=1S/C23H25FN4/c1-23(2,3)22-26-13-19-15-28(9-8-21(19)27-22)14-16-10-18(12-25-11-16)17-4-6-20(24)7-5-17/h4-7,10-13H,8-9,14-15H2,1-3H3. The molecular weight excluding hydrogens is 351 g/mol. The highest BCUT2D eigenvalue weighted by molar-refractivity contribution is 5.62. The van der Waals surface area contributed by atoms with E-state index in [2.05, 4.69) is 41.7 Å². The fraction of sp³-hybridized carbons (Fsp3) is 0.348. The maximum atomic E-state index is 13.2. The van der Waals surface area contributed by atoms with Crippen LogP contribution in [0.3, 0.4) is 0 Å². The average molecular weight is 376 g/mol. The molecule has 2 aromatic heterocycles. The first kappa shape index (κ1) is 18.7. The summed E-state index contributed by atoms with van der Waals surface area (Å²) >= 11 is 0. The van der Waals surface area contributed by atoms with E-state index in [1.165, 1.54) is 23.4 Å². The summed E-state index contributed by atoms with van der Waals surface area (Å²) in [5.74, 6) is 0.688. The molecule has 3 heterocycles. The van der Waals surface area contributed by atoms with E-state index in [9.17, 15) is 4.39 Å². The highest BCUT2D eigenvalue weighted by Crippen LogP contribution is 2.24. The number of rotatable bonds is 3. The number of aromatic nitrogens is 3. The molecule has 0 fully saturated rings. The number of hydrogen-bond donors (Lipinski definition) is 0. The first-order valence-corrected chi connectivity index (χ1v) is 9.66. The van der Waals surface area contributed by atoms with Crippen LogP contribution < -0.4 is 0 Å². The molecule has 1 aliphatic heterocycles. The smallest absolute Gasteiger partial charge is 0.133 e. The van der Waals surface area contributed by atoms with Crippen molar-refractivity contribution in [2.45, 2.75) is 45.7 Å². The van der Waals surface area contributed by atoms with Crippen LogP contribution in [0.4, 0.5) is 4.39 Å². The molecule has 5 heteroatoms. The predicted molar refractivity (Wildman–Crippen MR) is 108 cm³/mol. The second-order valence-corrected chi connectivity index (χ2v) is 8.46. The molecule has 0 atom stereocenters. The Hall–Kier alpha value is -2.66. The minimum Gasteiger partial charge on any atom is -0.294 e. The Labute approximate surface area is 165 Å². The quantitative estimate of drug-likeness (QED) is 0.673. The number of pyridine rings is 1. The molecule has 0 amide bonds. The van der Waals surface area contributed by atoms with Gasteiger partial charge in [0.15, 0.2) is 0 Å². The Morgan fingerprint density at radius 2 is 1.82 bits per heavy atom. The van der Waals surface area contributed by atoms with E-state index in [1.54, 1.807) is 12.1 Å². The van der Waals surface area contributed by atoms with Gasteiger partial charge in [-0.15, -0.1) is 0 Å². The largest absolute Gasteiger partial charge is 0.294 e. The molecule has 3 aromatic rings. The summed E-state index contributed by atoms with van der Waals surface area (Å²) < 4.78 is 13.2. The zero-order chi connectivity index (χ0) is 19.7. The Bertz CT molecular complexity index is 977. The van der Waals surface area contributed by atoms with Crippen LogP contribution in [0.2, 0.25) is 0 Å². The fourth-order valence-electron chi connectivity index (χ4n) is 3.50. The van der Waals surface area contributed by atoms with E-state index in [-0.39, 0.29) is 11.2 Å². The number of halogens is 1. The van der Waals surface area contributed by atoms with Gasteiger partial charge in [-0.05, 0) is 29.3 Å². The van der Waals surface area contributed by atoms with Crippen LogP contribution in [0.25, 0.3) is 11.1 Å². The summed E-state index contributed by atoms with van der Waals surface area (Å²) in [5.41, 5.74) is 5.49. The third-order valence-electron chi connectivity index (χ3n) is 5.06. The Morgan fingerprint density at radius 3 is 2.57 bits per heavy atom. The van der Waals surface area contributed by atoms with E-state index >= 15 is 0 Å². The van der Waals surface area contributed by atoms with Crippen molar-refractivity contribution < 1.29 is 4.39 Å². The van der Waals surface area contributed by atoms with Gasteiger partial charge >= 0.3 is 0 Å². The molecule has 4 nitrogen and oxygen atoms in total. The van der Waals surface area contributed by atoms with Crippen LogP contribution in [0.5, 0.6) is 0 Å². The summed E-state index contributed by atoms with van der Waals surface area (Å²) in [7, 11) is 0. The first-order chi connectivity index (χ1) is 13.4. The van der Waals surface area contributed by atoms with Gasteiger partial charge < -0.3 is 0 Å². The summed E-state index contributed by atoms with van der Waals surface area (Å²) in [6, 6.07) is 8.68. The molecular formula is C23H25FN4. The highest BCUT2D eigenvalue weighted by Gasteiger charge is 2.23. The maximum Gasteiger partial charge on any atom is 0.133 e. The number of fused-ring (bicyclic) bond motifs is 1. The molecule has 0 saturated carbocycles. The van der Waals surface area contributed by atoms with Gasteiger partial charge in [0, 0.05) is 66.9 Å². The number of nitrogens with zero attached hydrogens (tertiary/aromatic N) is 4. The summed E-state index contributed by atoms with van der Waals surface area (Å²) in [5, 5.41) is 0. The highest BCUT2D eigenvalue weighted by atomic mass is 19.1. The second kappa shape index (κ2) is 7.40. The normalized spacial score (nSPS) is 14.7. The van der Waals surface area contributed by atoms with E-state index in [4.69, 9.17) is 4.98 Å². The van der Waals surface area contributed by atoms with Crippen LogP contribution >= 0.6 is 0 Å². The lowest BCUT2D eigenvalue weighted by Crippen LogP contribution is -2.32. The van der Waals surface area contributed by atoms with Gasteiger partial charge in [0.1, 0.15) is 11.6 Å². The van der Waals surface area contributed by atoms with Gasteiger partial charge in [0.2, 0.25) is 0 Å². The third-order valence-corrected chi connectivity index (χ3v) is 5.06. The van der Waals surface area contributed by atoms with Crippen molar-refractivity contribution in [3.05, 3.63) is 77.4 Å². The molecule has 0 aliphatic carbocycles. The lowest BCUT2D eigenvalue weighted by atomic mass is 9.95. The van der Waals surface area contributed by atoms with Crippen molar-refractivity contribution in [3.63, 3.8) is 0 Å². The molecule has 0 radical (unpaired) electrons. The van der Waals surface area contributed by atoms with E-state index in [1.807, 2.05) is 18.6 Å². The first-order valence-electron chi connectivity index (χ1n) is 9.66. The van der Waals surface area contributed by atoms with Crippen molar-refractivity contribution in [1.82, 2.24) is 19.9 Å². The Morgan fingerprint density at radius 1 is 1.04 bits per heavy atom. The molecule has 0 saturated heterocycles. The van der Waals surface area contributed by atoms with Crippen LogP contribution in [-0.2, 0) is 24.9 Å². The SMILES string of the molecule is CC(C)(C)c1ncc2c(n1)CCN(Cc1cncc(-c3ccc(F)cc3)c1)C2. The molecule has 4 rings (SSSR count). The van der Waals surface area contributed by atoms with Crippen molar-refractivity contribution in [2.75, 3.05) is 6.54 Å². The van der Waals surface area contributed by atoms with Crippen LogP contribution in [0, 0.1) is 5.82 Å². The molecule has 0 unspecified atom stereocenters. The van der Waals surface area contributed by atoms with Gasteiger partial charge in [0.05, 0.1) is 0 Å². The topological polar surface area (TPSA) is 41.9 Å². The minimum absolute atomic E-state index is 0.0291. The third kappa shape index (κ3) is 4.09. The zero-order valence-electron chi connectivity index (χ0n) is 16.6. The summed E-state index contributed by atoms with van der Waals surface area (Å²) in [6.07, 6.45) is 6.65. The molecule has 0 bridgehead atoms. The van der Waals surface area contributed by atoms with Crippen LogP contribution in [0.1, 0.15) is 43.4 Å². The molecule has 0 spiro atoms. The van der Waals surface area contributed by atoms with Crippen LogP contribution in [-0.4, -0.2) is 26.4 Å². The molecule has 144 valence electrons. The van der Waals surface area contributed by atoms with E-state index in [0.717, 1.165) is 48.6 Å². The van der Waals surface area contributed by atoms with Crippen LogP contribution in [0.15, 0.2) is 48.9 Å². The lowest BCUT2D eigenvalue weighted by molar-refractivity contribution is 0.242. The summed E-state index contributed by atoms with van der Waals surface area (Å²) in [4.78, 5) is 16.2. The average Bonchev–Trinajstić information content (AvgIpc) is 2.67. The lowest BCUT2D eigenvalue weighted by Gasteiger charge is -2.29. The summed E-state index contributed by atoms with van der Waals surface area (Å²) in [6.45, 7) is 9.07. The molecule has 0 N–H and O–H groups in total. The number of benzene rings is 1. The van der Waals surface area contributed by atoms with Crippen molar-refractivity contribution in [1.29, 1.82) is 0 Å². The number of hydrogen-bond acceptors (Lipinski definition) is 4. The molecule has 1 aromatic carbocycles.